The summed E-state index contributed by atoms with van der Waals surface area (Å²) >= 11 is 0. The van der Waals surface area contributed by atoms with Crippen molar-refractivity contribution in [3.05, 3.63) is 35.0 Å². The lowest BCUT2D eigenvalue weighted by atomic mass is 9.83. The summed E-state index contributed by atoms with van der Waals surface area (Å²) < 4.78 is 4.79. The van der Waals surface area contributed by atoms with Crippen LogP contribution in [0.4, 0.5) is 0 Å². The highest BCUT2D eigenvalue weighted by atomic mass is 16.5. The molecule has 0 radical (unpaired) electrons. The highest BCUT2D eigenvalue weighted by Crippen LogP contribution is 2.32. The zero-order valence-corrected chi connectivity index (χ0v) is 14.5. The highest BCUT2D eigenvalue weighted by molar-refractivity contribution is 6.11. The molecule has 1 aliphatic rings. The summed E-state index contributed by atoms with van der Waals surface area (Å²) in [5.74, 6) is 0.0626. The summed E-state index contributed by atoms with van der Waals surface area (Å²) in [4.78, 5) is 28.3. The van der Waals surface area contributed by atoms with E-state index in [1.165, 1.54) is 13.5 Å². The molecule has 0 unspecified atom stereocenters. The van der Waals surface area contributed by atoms with E-state index in [0.29, 0.717) is 5.56 Å². The Bertz CT molecular complexity index is 754. The Morgan fingerprint density at radius 3 is 2.62 bits per heavy atom. The predicted molar refractivity (Wildman–Crippen MR) is 94.5 cm³/mol. The Morgan fingerprint density at radius 1 is 1.21 bits per heavy atom. The second-order valence-corrected chi connectivity index (χ2v) is 6.68. The molecule has 2 aromatic rings. The molecular weight excluding hydrogens is 302 g/mol. The number of fused-ring (bicyclic) bond motifs is 1. The number of aryl methyl sites for hydroxylation is 1. The van der Waals surface area contributed by atoms with E-state index in [-0.39, 0.29) is 17.7 Å². The Morgan fingerprint density at radius 2 is 1.96 bits per heavy atom. The summed E-state index contributed by atoms with van der Waals surface area (Å²) in [5, 5.41) is 0.932. The highest BCUT2D eigenvalue weighted by Gasteiger charge is 2.27. The van der Waals surface area contributed by atoms with E-state index >= 15 is 0 Å². The van der Waals surface area contributed by atoms with Crippen LogP contribution in [-0.4, -0.2) is 23.8 Å². The summed E-state index contributed by atoms with van der Waals surface area (Å²) in [6, 6.07) is 5.42. The second-order valence-electron chi connectivity index (χ2n) is 6.68. The lowest BCUT2D eigenvalue weighted by Gasteiger charge is -2.20. The van der Waals surface area contributed by atoms with Crippen LogP contribution < -0.4 is 0 Å². The van der Waals surface area contributed by atoms with Crippen molar-refractivity contribution in [1.29, 1.82) is 0 Å². The van der Waals surface area contributed by atoms with Gasteiger partial charge in [0, 0.05) is 28.1 Å². The number of hydrogen-bond donors (Lipinski definition) is 1. The van der Waals surface area contributed by atoms with Crippen molar-refractivity contribution in [3.8, 4) is 0 Å². The van der Waals surface area contributed by atoms with E-state index in [1.54, 1.807) is 12.1 Å². The molecule has 1 fully saturated rings. The Balaban J connectivity index is 2.05. The van der Waals surface area contributed by atoms with Crippen molar-refractivity contribution in [2.75, 3.05) is 7.11 Å². The van der Waals surface area contributed by atoms with Crippen LogP contribution in [0.15, 0.2) is 18.2 Å². The second kappa shape index (κ2) is 7.20. The van der Waals surface area contributed by atoms with Gasteiger partial charge >= 0.3 is 5.97 Å². The van der Waals surface area contributed by atoms with Gasteiger partial charge in [-0.3, -0.25) is 4.79 Å². The fraction of sp³-hybridized carbons (Fsp3) is 0.500. The molecule has 0 amide bonds. The number of aromatic amines is 1. The monoisotopic (exact) mass is 327 g/mol. The Hall–Kier alpha value is -2.10. The smallest absolute Gasteiger partial charge is 0.337 e. The van der Waals surface area contributed by atoms with E-state index in [1.807, 2.05) is 6.07 Å². The average molecular weight is 327 g/mol. The van der Waals surface area contributed by atoms with Crippen LogP contribution in [0.25, 0.3) is 10.9 Å². The third-order valence-corrected chi connectivity index (χ3v) is 5.02. The average Bonchev–Trinajstić information content (AvgIpc) is 2.98. The largest absolute Gasteiger partial charge is 0.465 e. The molecule has 0 saturated heterocycles. The van der Waals surface area contributed by atoms with Gasteiger partial charge in [0.1, 0.15) is 0 Å². The van der Waals surface area contributed by atoms with Crippen LogP contribution in [0.3, 0.4) is 0 Å². The first kappa shape index (κ1) is 16.7. The molecule has 0 bridgehead atoms. The number of esters is 1. The number of benzene rings is 1. The lowest BCUT2D eigenvalue weighted by Crippen LogP contribution is -2.18. The van der Waals surface area contributed by atoms with Crippen molar-refractivity contribution in [1.82, 2.24) is 4.98 Å². The quantitative estimate of drug-likeness (QED) is 0.641. The van der Waals surface area contributed by atoms with Crippen LogP contribution in [0.2, 0.25) is 0 Å². The maximum atomic E-state index is 13.1. The minimum atomic E-state index is -0.358. The number of nitrogens with one attached hydrogen (secondary N) is 1. The lowest BCUT2D eigenvalue weighted by molar-refractivity contribution is 0.0600. The number of carbonyl (C=O) groups is 2. The number of Topliss-reactive ketones (excluding diaryl/α,β-unsaturated/α-hetero) is 1. The van der Waals surface area contributed by atoms with Gasteiger partial charge < -0.3 is 9.72 Å². The molecule has 1 aliphatic carbocycles. The fourth-order valence-electron chi connectivity index (χ4n) is 3.79. The van der Waals surface area contributed by atoms with Gasteiger partial charge in [0.15, 0.2) is 5.78 Å². The molecule has 0 spiro atoms. The van der Waals surface area contributed by atoms with Crippen LogP contribution in [0, 0.1) is 5.92 Å². The van der Waals surface area contributed by atoms with E-state index in [9.17, 15) is 9.59 Å². The van der Waals surface area contributed by atoms with Crippen molar-refractivity contribution in [3.63, 3.8) is 0 Å². The number of ether oxygens (including phenoxy) is 1. The molecule has 0 atom stereocenters. The summed E-state index contributed by atoms with van der Waals surface area (Å²) in [5.41, 5.74) is 3.20. The number of aromatic nitrogens is 1. The number of hydrogen-bond acceptors (Lipinski definition) is 3. The molecule has 4 nitrogen and oxygen atoms in total. The maximum absolute atomic E-state index is 13.1. The van der Waals surface area contributed by atoms with Gasteiger partial charge in [-0.05, 0) is 31.4 Å². The molecule has 1 N–H and O–H groups in total. The standard InChI is InChI=1S/C20H25NO3/c1-3-7-16-18(19(22)13-8-5-4-6-9-13)15-11-10-14(20(23)24-2)12-17(15)21-16/h10-13,21H,3-9H2,1-2H3. The summed E-state index contributed by atoms with van der Waals surface area (Å²) in [6.45, 7) is 2.11. The molecule has 1 saturated carbocycles. The minimum absolute atomic E-state index is 0.147. The third-order valence-electron chi connectivity index (χ3n) is 5.02. The molecule has 4 heteroatoms. The summed E-state index contributed by atoms with van der Waals surface area (Å²) in [7, 11) is 1.38. The molecule has 1 aromatic heterocycles. The number of rotatable bonds is 5. The van der Waals surface area contributed by atoms with Crippen LogP contribution in [0.1, 0.15) is 71.9 Å². The van der Waals surface area contributed by atoms with Gasteiger partial charge in [-0.25, -0.2) is 4.79 Å². The molecule has 128 valence electrons. The Labute approximate surface area is 142 Å². The minimum Gasteiger partial charge on any atom is -0.465 e. The topological polar surface area (TPSA) is 59.2 Å². The van der Waals surface area contributed by atoms with E-state index in [0.717, 1.165) is 60.7 Å². The van der Waals surface area contributed by atoms with Gasteiger partial charge in [0.2, 0.25) is 0 Å². The molecule has 1 heterocycles. The SMILES string of the molecule is CCCc1[nH]c2cc(C(=O)OC)ccc2c1C(=O)C1CCCCC1. The van der Waals surface area contributed by atoms with Crippen molar-refractivity contribution >= 4 is 22.7 Å². The van der Waals surface area contributed by atoms with Gasteiger partial charge in [-0.15, -0.1) is 0 Å². The fourth-order valence-corrected chi connectivity index (χ4v) is 3.79. The maximum Gasteiger partial charge on any atom is 0.337 e. The van der Waals surface area contributed by atoms with Gasteiger partial charge in [-0.1, -0.05) is 38.7 Å². The normalized spacial score (nSPS) is 15.6. The van der Waals surface area contributed by atoms with Crippen molar-refractivity contribution in [2.45, 2.75) is 51.9 Å². The number of carbonyl (C=O) groups excluding carboxylic acids is 2. The van der Waals surface area contributed by atoms with E-state index < -0.39 is 0 Å². The van der Waals surface area contributed by atoms with Crippen molar-refractivity contribution < 1.29 is 14.3 Å². The van der Waals surface area contributed by atoms with Crippen LogP contribution in [-0.2, 0) is 11.2 Å². The van der Waals surface area contributed by atoms with Crippen LogP contribution >= 0.6 is 0 Å². The van der Waals surface area contributed by atoms with E-state index in [4.69, 9.17) is 4.74 Å². The number of methoxy groups -OCH3 is 1. The predicted octanol–water partition coefficient (Wildman–Crippen LogP) is 4.67. The molecular formula is C20H25NO3. The first-order valence-electron chi connectivity index (χ1n) is 8.92. The van der Waals surface area contributed by atoms with Gasteiger partial charge in [0.05, 0.1) is 12.7 Å². The first-order valence-corrected chi connectivity index (χ1v) is 8.92. The van der Waals surface area contributed by atoms with Crippen molar-refractivity contribution in [2.24, 2.45) is 5.92 Å². The summed E-state index contributed by atoms with van der Waals surface area (Å²) in [6.07, 6.45) is 7.34. The zero-order valence-electron chi connectivity index (χ0n) is 14.5. The number of ketones is 1. The first-order chi connectivity index (χ1) is 11.7. The van der Waals surface area contributed by atoms with E-state index in [2.05, 4.69) is 11.9 Å². The molecule has 1 aromatic carbocycles. The molecule has 0 aliphatic heterocycles. The zero-order chi connectivity index (χ0) is 17.1. The third kappa shape index (κ3) is 3.10. The van der Waals surface area contributed by atoms with Crippen LogP contribution in [0.5, 0.6) is 0 Å². The number of H-pyrrole nitrogens is 1. The molecule has 3 rings (SSSR count). The Kier molecular flexibility index (Phi) is 5.03. The molecule has 24 heavy (non-hydrogen) atoms. The van der Waals surface area contributed by atoms with Gasteiger partial charge in [-0.2, -0.15) is 0 Å². The van der Waals surface area contributed by atoms with Gasteiger partial charge in [0.25, 0.3) is 0 Å².